The minimum absolute atomic E-state index is 0.116. The highest BCUT2D eigenvalue weighted by Gasteiger charge is 2.09. The van der Waals surface area contributed by atoms with Crippen LogP contribution in [0.1, 0.15) is 24.0 Å². The van der Waals surface area contributed by atoms with E-state index in [2.05, 4.69) is 32.0 Å². The second-order valence-corrected chi connectivity index (χ2v) is 5.65. The van der Waals surface area contributed by atoms with Crippen LogP contribution in [0, 0.1) is 13.8 Å². The Hall–Kier alpha value is -1.39. The molecular weight excluding hydrogens is 256 g/mol. The Morgan fingerprint density at radius 3 is 2.68 bits per heavy atom. The molecule has 0 saturated heterocycles. The van der Waals surface area contributed by atoms with Crippen LogP contribution in [0.25, 0.3) is 11.3 Å². The topological polar surface area (TPSA) is 48.0 Å². The van der Waals surface area contributed by atoms with Gasteiger partial charge in [-0.2, -0.15) is 0 Å². The number of thiazole rings is 1. The van der Waals surface area contributed by atoms with E-state index in [1.807, 2.05) is 9.95 Å². The number of nitrogens with zero attached hydrogens (tertiary/aromatic N) is 1. The molecule has 19 heavy (non-hydrogen) atoms. The van der Waals surface area contributed by atoms with Crippen LogP contribution in [-0.2, 0) is 6.54 Å². The molecule has 0 unspecified atom stereocenters. The minimum Gasteiger partial charge on any atom is -0.330 e. The summed E-state index contributed by atoms with van der Waals surface area (Å²) in [5.74, 6) is 0. The van der Waals surface area contributed by atoms with Crippen molar-refractivity contribution < 1.29 is 0 Å². The lowest BCUT2D eigenvalue weighted by Gasteiger charge is -2.09. The van der Waals surface area contributed by atoms with Crippen molar-refractivity contribution in [2.45, 2.75) is 33.2 Å². The number of nitrogens with two attached hydrogens (primary N) is 1. The van der Waals surface area contributed by atoms with Gasteiger partial charge in [-0.05, 0) is 56.0 Å². The molecule has 2 N–H and O–H groups in total. The first-order chi connectivity index (χ1) is 9.13. The molecule has 0 radical (unpaired) electrons. The molecule has 0 bridgehead atoms. The Bertz CT molecular complexity index is 613. The number of rotatable bonds is 5. The highest BCUT2D eigenvalue weighted by molar-refractivity contribution is 7.07. The van der Waals surface area contributed by atoms with E-state index < -0.39 is 0 Å². The van der Waals surface area contributed by atoms with Crippen molar-refractivity contribution in [1.29, 1.82) is 0 Å². The Labute approximate surface area is 117 Å². The van der Waals surface area contributed by atoms with Crippen LogP contribution >= 0.6 is 11.3 Å². The molecule has 1 heterocycles. The lowest BCUT2D eigenvalue weighted by molar-refractivity contribution is 0.612. The van der Waals surface area contributed by atoms with Crippen LogP contribution in [0.5, 0.6) is 0 Å². The van der Waals surface area contributed by atoms with Gasteiger partial charge in [0.2, 0.25) is 0 Å². The zero-order valence-corrected chi connectivity index (χ0v) is 12.3. The van der Waals surface area contributed by atoms with Crippen molar-refractivity contribution in [3.63, 3.8) is 0 Å². The SMILES string of the molecule is Cc1ccc(-c2csc(=O)n2CCCCN)cc1C. The van der Waals surface area contributed by atoms with Crippen molar-refractivity contribution in [3.05, 3.63) is 44.4 Å². The summed E-state index contributed by atoms with van der Waals surface area (Å²) in [5.41, 5.74) is 10.2. The molecular formula is C15H20N2OS. The molecule has 0 saturated carbocycles. The highest BCUT2D eigenvalue weighted by atomic mass is 32.1. The van der Waals surface area contributed by atoms with Gasteiger partial charge in [-0.15, -0.1) is 0 Å². The van der Waals surface area contributed by atoms with Gasteiger partial charge in [0.1, 0.15) is 0 Å². The van der Waals surface area contributed by atoms with E-state index in [4.69, 9.17) is 5.73 Å². The van der Waals surface area contributed by atoms with Crippen LogP contribution in [0.4, 0.5) is 0 Å². The summed E-state index contributed by atoms with van der Waals surface area (Å²) < 4.78 is 1.87. The first-order valence-electron chi connectivity index (χ1n) is 6.59. The molecule has 0 aliphatic carbocycles. The van der Waals surface area contributed by atoms with Crippen molar-refractivity contribution in [2.24, 2.45) is 5.73 Å². The van der Waals surface area contributed by atoms with E-state index in [9.17, 15) is 4.79 Å². The third-order valence-electron chi connectivity index (χ3n) is 3.42. The van der Waals surface area contributed by atoms with Gasteiger partial charge in [0.25, 0.3) is 0 Å². The van der Waals surface area contributed by atoms with Crippen molar-refractivity contribution in [2.75, 3.05) is 6.54 Å². The average Bonchev–Trinajstić information content (AvgIpc) is 2.75. The maximum Gasteiger partial charge on any atom is 0.307 e. The van der Waals surface area contributed by atoms with Gasteiger partial charge in [0.05, 0.1) is 5.69 Å². The normalized spacial score (nSPS) is 10.9. The average molecular weight is 276 g/mol. The summed E-state index contributed by atoms with van der Waals surface area (Å²) in [4.78, 5) is 12.0. The second-order valence-electron chi connectivity index (χ2n) is 4.83. The maximum absolute atomic E-state index is 11.9. The fraction of sp³-hybridized carbons (Fsp3) is 0.400. The van der Waals surface area contributed by atoms with E-state index in [1.54, 1.807) is 0 Å². The van der Waals surface area contributed by atoms with Crippen molar-refractivity contribution >= 4 is 11.3 Å². The molecule has 0 aliphatic heterocycles. The smallest absolute Gasteiger partial charge is 0.307 e. The summed E-state index contributed by atoms with van der Waals surface area (Å²) in [5, 5.41) is 1.95. The molecule has 2 aromatic rings. The zero-order chi connectivity index (χ0) is 13.8. The lowest BCUT2D eigenvalue weighted by atomic mass is 10.0. The predicted octanol–water partition coefficient (Wildman–Crippen LogP) is 2.93. The van der Waals surface area contributed by atoms with Gasteiger partial charge in [0, 0.05) is 11.9 Å². The van der Waals surface area contributed by atoms with Crippen LogP contribution < -0.4 is 10.6 Å². The molecule has 0 atom stereocenters. The van der Waals surface area contributed by atoms with E-state index in [0.29, 0.717) is 6.54 Å². The molecule has 0 amide bonds. The number of hydrogen-bond acceptors (Lipinski definition) is 3. The van der Waals surface area contributed by atoms with Gasteiger partial charge in [-0.25, -0.2) is 0 Å². The van der Waals surface area contributed by atoms with Crippen LogP contribution in [0.15, 0.2) is 28.4 Å². The number of unbranched alkanes of at least 4 members (excludes halogenated alkanes) is 1. The quantitative estimate of drug-likeness (QED) is 0.854. The standard InChI is InChI=1S/C15H20N2OS/c1-11-5-6-13(9-12(11)2)14-10-19-15(18)17(14)8-4-3-7-16/h5-6,9-10H,3-4,7-8,16H2,1-2H3. The van der Waals surface area contributed by atoms with Gasteiger partial charge >= 0.3 is 4.87 Å². The highest BCUT2D eigenvalue weighted by Crippen LogP contribution is 2.23. The van der Waals surface area contributed by atoms with Gasteiger partial charge < -0.3 is 5.73 Å². The summed E-state index contributed by atoms with van der Waals surface area (Å²) >= 11 is 1.27. The lowest BCUT2D eigenvalue weighted by Crippen LogP contribution is -2.15. The Morgan fingerprint density at radius 2 is 2.00 bits per heavy atom. The van der Waals surface area contributed by atoms with Gasteiger partial charge in [-0.3, -0.25) is 9.36 Å². The van der Waals surface area contributed by atoms with E-state index >= 15 is 0 Å². The second kappa shape index (κ2) is 6.17. The van der Waals surface area contributed by atoms with E-state index in [1.165, 1.54) is 22.5 Å². The number of benzene rings is 1. The summed E-state index contributed by atoms with van der Waals surface area (Å²) in [6.45, 7) is 5.63. The molecule has 0 spiro atoms. The molecule has 2 rings (SSSR count). The molecule has 0 aliphatic rings. The monoisotopic (exact) mass is 276 g/mol. The summed E-state index contributed by atoms with van der Waals surface area (Å²) in [6, 6.07) is 6.34. The number of hydrogen-bond donors (Lipinski definition) is 1. The summed E-state index contributed by atoms with van der Waals surface area (Å²) in [6.07, 6.45) is 1.90. The predicted molar refractivity (Wildman–Crippen MR) is 81.8 cm³/mol. The third-order valence-corrected chi connectivity index (χ3v) is 4.18. The minimum atomic E-state index is 0.116. The first kappa shape index (κ1) is 14.0. The van der Waals surface area contributed by atoms with E-state index in [0.717, 1.165) is 30.6 Å². The Kier molecular flexibility index (Phi) is 4.56. The first-order valence-corrected chi connectivity index (χ1v) is 7.47. The number of aromatic nitrogens is 1. The Balaban J connectivity index is 2.33. The van der Waals surface area contributed by atoms with Crippen molar-refractivity contribution in [3.8, 4) is 11.3 Å². The molecule has 1 aromatic carbocycles. The van der Waals surface area contributed by atoms with E-state index in [-0.39, 0.29) is 4.87 Å². The maximum atomic E-state index is 11.9. The number of aryl methyl sites for hydroxylation is 2. The fourth-order valence-electron chi connectivity index (χ4n) is 2.08. The molecule has 1 aromatic heterocycles. The van der Waals surface area contributed by atoms with Crippen molar-refractivity contribution in [1.82, 2.24) is 4.57 Å². The van der Waals surface area contributed by atoms with Crippen LogP contribution in [0.3, 0.4) is 0 Å². The van der Waals surface area contributed by atoms with Gasteiger partial charge in [-0.1, -0.05) is 23.5 Å². The molecule has 102 valence electrons. The van der Waals surface area contributed by atoms with Crippen LogP contribution in [0.2, 0.25) is 0 Å². The third kappa shape index (κ3) is 3.14. The Morgan fingerprint density at radius 1 is 1.21 bits per heavy atom. The zero-order valence-electron chi connectivity index (χ0n) is 11.5. The largest absolute Gasteiger partial charge is 0.330 e. The van der Waals surface area contributed by atoms with Crippen LogP contribution in [-0.4, -0.2) is 11.1 Å². The molecule has 0 fully saturated rings. The summed E-state index contributed by atoms with van der Waals surface area (Å²) in [7, 11) is 0. The van der Waals surface area contributed by atoms with Gasteiger partial charge in [0.15, 0.2) is 0 Å². The molecule has 4 heteroatoms. The fourth-order valence-corrected chi connectivity index (χ4v) is 2.88. The molecule has 3 nitrogen and oxygen atoms in total.